The smallest absolute Gasteiger partial charge is 0.407 e. The number of nitrogens with one attached hydrogen (secondary N) is 1. The van der Waals surface area contributed by atoms with Crippen molar-refractivity contribution in [1.82, 2.24) is 5.32 Å². The lowest BCUT2D eigenvalue weighted by molar-refractivity contribution is -0.156. The van der Waals surface area contributed by atoms with Gasteiger partial charge in [-0.15, -0.1) is 0 Å². The quantitative estimate of drug-likeness (QED) is 0.305. The molecular weight excluding hydrogens is 494 g/mol. The highest BCUT2D eigenvalue weighted by molar-refractivity contribution is 7.87. The van der Waals surface area contributed by atoms with E-state index in [2.05, 4.69) is 5.32 Å². The molecule has 3 rings (SSSR count). The van der Waals surface area contributed by atoms with Crippen molar-refractivity contribution in [2.24, 2.45) is 0 Å². The van der Waals surface area contributed by atoms with Gasteiger partial charge in [0.2, 0.25) is 0 Å². The zero-order valence-electron chi connectivity index (χ0n) is 21.3. The van der Waals surface area contributed by atoms with Gasteiger partial charge in [-0.3, -0.25) is 4.79 Å². The summed E-state index contributed by atoms with van der Waals surface area (Å²) in [6, 6.07) is 21.5. The van der Waals surface area contributed by atoms with Crippen LogP contribution in [0.25, 0.3) is 0 Å². The predicted octanol–water partition coefficient (Wildman–Crippen LogP) is 5.11. The average Bonchev–Trinajstić information content (AvgIpc) is 2.83. The number of amides is 1. The number of hydrogen-bond acceptors (Lipinski definition) is 7. The molecule has 37 heavy (non-hydrogen) atoms. The van der Waals surface area contributed by atoms with Gasteiger partial charge in [-0.25, -0.2) is 4.79 Å². The highest BCUT2D eigenvalue weighted by atomic mass is 32.2. The Hall–Kier alpha value is -3.85. The van der Waals surface area contributed by atoms with E-state index in [9.17, 15) is 18.0 Å². The summed E-state index contributed by atoms with van der Waals surface area (Å²) >= 11 is 0. The number of rotatable bonds is 9. The van der Waals surface area contributed by atoms with E-state index in [0.717, 1.165) is 11.1 Å². The number of carbonyl (C=O) groups is 2. The second kappa shape index (κ2) is 11.9. The number of hydrogen-bond donors (Lipinski definition) is 1. The molecule has 3 aromatic rings. The molecule has 0 saturated carbocycles. The lowest BCUT2D eigenvalue weighted by Gasteiger charge is -2.24. The minimum Gasteiger partial charge on any atom is -0.459 e. The van der Waals surface area contributed by atoms with Gasteiger partial charge < -0.3 is 19.0 Å². The van der Waals surface area contributed by atoms with Crippen molar-refractivity contribution in [2.75, 3.05) is 6.54 Å². The number of alkyl carbamates (subject to hydrolysis) is 1. The molecule has 0 radical (unpaired) electrons. The normalized spacial score (nSPS) is 12.3. The molecule has 0 aliphatic rings. The van der Waals surface area contributed by atoms with Crippen LogP contribution in [0, 0.1) is 6.92 Å². The van der Waals surface area contributed by atoms with E-state index in [1.807, 2.05) is 37.3 Å². The molecule has 0 heterocycles. The Labute approximate surface area is 217 Å². The van der Waals surface area contributed by atoms with E-state index < -0.39 is 33.7 Å². The van der Waals surface area contributed by atoms with Crippen molar-refractivity contribution in [3.05, 3.63) is 95.6 Å². The molecule has 1 N–H and O–H groups in total. The lowest BCUT2D eigenvalue weighted by Crippen LogP contribution is -2.35. The summed E-state index contributed by atoms with van der Waals surface area (Å²) in [5.41, 5.74) is 1.53. The SMILES string of the molecule is Cc1ccc(S(=O)(=O)Oc2ccc(C(CNC(=O)OCc3ccccc3)C(=O)OC(C)(C)C)cc2)cc1. The summed E-state index contributed by atoms with van der Waals surface area (Å²) in [4.78, 5) is 25.2. The average molecular weight is 526 g/mol. The molecule has 0 aliphatic heterocycles. The maximum atomic E-state index is 12.9. The summed E-state index contributed by atoms with van der Waals surface area (Å²) in [6.07, 6.45) is -0.679. The topological polar surface area (TPSA) is 108 Å². The highest BCUT2D eigenvalue weighted by Gasteiger charge is 2.28. The second-order valence-electron chi connectivity index (χ2n) is 9.45. The Morgan fingerprint density at radius 3 is 2.11 bits per heavy atom. The molecule has 0 spiro atoms. The van der Waals surface area contributed by atoms with Crippen molar-refractivity contribution in [2.45, 2.75) is 50.7 Å². The highest BCUT2D eigenvalue weighted by Crippen LogP contribution is 2.25. The van der Waals surface area contributed by atoms with Crippen LogP contribution < -0.4 is 9.50 Å². The zero-order chi connectivity index (χ0) is 27.1. The molecule has 1 atom stereocenters. The van der Waals surface area contributed by atoms with E-state index in [1.54, 1.807) is 45.0 Å². The van der Waals surface area contributed by atoms with E-state index in [4.69, 9.17) is 13.7 Å². The second-order valence-corrected chi connectivity index (χ2v) is 11.0. The minimum atomic E-state index is -4.02. The largest absolute Gasteiger partial charge is 0.459 e. The van der Waals surface area contributed by atoms with Gasteiger partial charge in [0.05, 0.1) is 5.92 Å². The molecule has 0 saturated heterocycles. The molecule has 1 unspecified atom stereocenters. The fraction of sp³-hybridized carbons (Fsp3) is 0.286. The van der Waals surface area contributed by atoms with Crippen molar-refractivity contribution in [3.63, 3.8) is 0 Å². The monoisotopic (exact) mass is 525 g/mol. The van der Waals surface area contributed by atoms with Gasteiger partial charge in [0.1, 0.15) is 22.9 Å². The molecule has 9 heteroatoms. The first-order chi connectivity index (χ1) is 17.4. The minimum absolute atomic E-state index is 0.0343. The predicted molar refractivity (Wildman–Crippen MR) is 139 cm³/mol. The van der Waals surface area contributed by atoms with Gasteiger partial charge in [-0.1, -0.05) is 60.2 Å². The van der Waals surface area contributed by atoms with Crippen LogP contribution >= 0.6 is 0 Å². The third-order valence-corrected chi connectivity index (χ3v) is 6.41. The molecule has 3 aromatic carbocycles. The fourth-order valence-electron chi connectivity index (χ4n) is 3.31. The van der Waals surface area contributed by atoms with Gasteiger partial charge in [0.15, 0.2) is 0 Å². The lowest BCUT2D eigenvalue weighted by atomic mass is 9.98. The van der Waals surface area contributed by atoms with E-state index in [0.29, 0.717) is 5.56 Å². The molecule has 0 aromatic heterocycles. The number of ether oxygens (including phenoxy) is 2. The molecule has 1 amide bonds. The molecule has 8 nitrogen and oxygen atoms in total. The first-order valence-electron chi connectivity index (χ1n) is 11.7. The third-order valence-electron chi connectivity index (χ3n) is 5.15. The first-order valence-corrected chi connectivity index (χ1v) is 13.1. The maximum Gasteiger partial charge on any atom is 0.407 e. The molecule has 0 fully saturated rings. The van der Waals surface area contributed by atoms with Crippen LogP contribution in [0.1, 0.15) is 43.4 Å². The van der Waals surface area contributed by atoms with Crippen LogP contribution in [-0.2, 0) is 31.0 Å². The van der Waals surface area contributed by atoms with E-state index in [-0.39, 0.29) is 23.8 Å². The van der Waals surface area contributed by atoms with E-state index in [1.165, 1.54) is 24.3 Å². The maximum absolute atomic E-state index is 12.9. The first kappa shape index (κ1) is 27.7. The van der Waals surface area contributed by atoms with Crippen molar-refractivity contribution < 1.29 is 31.7 Å². The van der Waals surface area contributed by atoms with Gasteiger partial charge in [-0.05, 0) is 63.1 Å². The van der Waals surface area contributed by atoms with Crippen LogP contribution in [0.4, 0.5) is 4.79 Å². The Balaban J connectivity index is 1.70. The summed E-state index contributed by atoms with van der Waals surface area (Å²) in [6.45, 7) is 7.10. The van der Waals surface area contributed by atoms with Crippen LogP contribution in [0.15, 0.2) is 83.8 Å². The van der Waals surface area contributed by atoms with Gasteiger partial charge in [0, 0.05) is 6.54 Å². The molecule has 0 aliphatic carbocycles. The summed E-state index contributed by atoms with van der Waals surface area (Å²) in [5.74, 6) is -1.31. The number of aryl methyl sites for hydroxylation is 1. The Kier molecular flexibility index (Phi) is 8.94. The van der Waals surface area contributed by atoms with Crippen LogP contribution in [0.2, 0.25) is 0 Å². The van der Waals surface area contributed by atoms with Crippen molar-refractivity contribution >= 4 is 22.2 Å². The molecule has 196 valence electrons. The summed E-state index contributed by atoms with van der Waals surface area (Å²) in [5, 5.41) is 2.61. The van der Waals surface area contributed by atoms with Crippen LogP contribution in [0.5, 0.6) is 5.75 Å². The number of benzene rings is 3. The Morgan fingerprint density at radius 2 is 1.51 bits per heavy atom. The summed E-state index contributed by atoms with van der Waals surface area (Å²) < 4.78 is 41.2. The van der Waals surface area contributed by atoms with Crippen LogP contribution in [0.3, 0.4) is 0 Å². The Morgan fingerprint density at radius 1 is 0.892 bits per heavy atom. The standard InChI is InChI=1S/C28H31NO7S/c1-20-10-16-24(17-11-20)37(32,33)36-23-14-12-22(13-15-23)25(26(30)35-28(2,3)4)18-29-27(31)34-19-21-8-6-5-7-9-21/h5-17,25H,18-19H2,1-4H3,(H,29,31). The van der Waals surface area contributed by atoms with Crippen molar-refractivity contribution in [3.8, 4) is 5.75 Å². The molecule has 0 bridgehead atoms. The van der Waals surface area contributed by atoms with E-state index >= 15 is 0 Å². The summed E-state index contributed by atoms with van der Waals surface area (Å²) in [7, 11) is -4.02. The zero-order valence-corrected chi connectivity index (χ0v) is 22.1. The van der Waals surface area contributed by atoms with Gasteiger partial charge >= 0.3 is 22.2 Å². The number of esters is 1. The fourth-order valence-corrected chi connectivity index (χ4v) is 4.24. The van der Waals surface area contributed by atoms with Gasteiger partial charge in [-0.2, -0.15) is 8.42 Å². The van der Waals surface area contributed by atoms with Crippen LogP contribution in [-0.4, -0.2) is 32.6 Å². The third kappa shape index (κ3) is 8.64. The number of carbonyl (C=O) groups excluding carboxylic acids is 2. The van der Waals surface area contributed by atoms with Crippen molar-refractivity contribution in [1.29, 1.82) is 0 Å². The molecular formula is C28H31NO7S. The Bertz CT molecular complexity index is 1300. The van der Waals surface area contributed by atoms with Gasteiger partial charge in [0.25, 0.3) is 0 Å².